The van der Waals surface area contributed by atoms with Gasteiger partial charge < -0.3 is 25.0 Å². The lowest BCUT2D eigenvalue weighted by Gasteiger charge is -2.32. The Hall–Kier alpha value is -2.00. The molecule has 2 N–H and O–H groups in total. The van der Waals surface area contributed by atoms with E-state index in [1.165, 1.54) is 18.2 Å². The minimum atomic E-state index is -3.01. The highest BCUT2D eigenvalue weighted by Gasteiger charge is 2.20. The number of nitrogens with one attached hydrogen (secondary N) is 2. The van der Waals surface area contributed by atoms with Gasteiger partial charge >= 0.3 is 6.61 Å². The summed E-state index contributed by atoms with van der Waals surface area (Å²) < 4.78 is 48.5. The van der Waals surface area contributed by atoms with E-state index in [9.17, 15) is 13.2 Å². The average Bonchev–Trinajstić information content (AvgIpc) is 2.65. The van der Waals surface area contributed by atoms with Gasteiger partial charge in [-0.1, -0.05) is 6.07 Å². The van der Waals surface area contributed by atoms with Crippen molar-refractivity contribution in [2.75, 3.05) is 40.4 Å². The molecule has 1 aromatic rings. The second-order valence-electron chi connectivity index (χ2n) is 6.27. The molecule has 0 bridgehead atoms. The number of piperidine rings is 1. The first-order valence-corrected chi connectivity index (χ1v) is 8.94. The van der Waals surface area contributed by atoms with Crippen molar-refractivity contribution in [3.05, 3.63) is 29.6 Å². The van der Waals surface area contributed by atoms with E-state index in [0.717, 1.165) is 32.5 Å². The molecule has 0 unspecified atom stereocenters. The maximum atomic E-state index is 14.0. The molecular formula is C18H27F3N4O2. The van der Waals surface area contributed by atoms with Crippen molar-refractivity contribution in [1.82, 2.24) is 15.5 Å². The van der Waals surface area contributed by atoms with Crippen LogP contribution in [0.15, 0.2) is 23.2 Å². The molecule has 1 heterocycles. The third kappa shape index (κ3) is 6.91. The van der Waals surface area contributed by atoms with Crippen LogP contribution in [0.4, 0.5) is 13.2 Å². The number of nitrogens with zero attached hydrogens (tertiary/aromatic N) is 2. The summed E-state index contributed by atoms with van der Waals surface area (Å²) in [5, 5.41) is 6.28. The van der Waals surface area contributed by atoms with E-state index >= 15 is 0 Å². The van der Waals surface area contributed by atoms with Gasteiger partial charge in [0.2, 0.25) is 0 Å². The summed E-state index contributed by atoms with van der Waals surface area (Å²) in [4.78, 5) is 6.47. The molecule has 1 aromatic carbocycles. The molecule has 0 spiro atoms. The van der Waals surface area contributed by atoms with Crippen molar-refractivity contribution in [2.24, 2.45) is 4.99 Å². The molecule has 1 fully saturated rings. The quantitative estimate of drug-likeness (QED) is 0.528. The molecule has 0 saturated carbocycles. The number of methoxy groups -OCH3 is 1. The van der Waals surface area contributed by atoms with E-state index < -0.39 is 12.4 Å². The molecule has 1 aliphatic rings. The number of aliphatic imine (C=N–C) groups is 1. The summed E-state index contributed by atoms with van der Waals surface area (Å²) in [6.07, 6.45) is 1.90. The number of hydrogen-bond acceptors (Lipinski definition) is 4. The van der Waals surface area contributed by atoms with E-state index in [-0.39, 0.29) is 23.9 Å². The summed E-state index contributed by atoms with van der Waals surface area (Å²) in [5.41, 5.74) is 0.0372. The molecule has 1 saturated heterocycles. The number of guanidine groups is 1. The molecule has 152 valence electrons. The molecule has 9 heteroatoms. The molecule has 27 heavy (non-hydrogen) atoms. The Morgan fingerprint density at radius 3 is 2.70 bits per heavy atom. The Bertz CT molecular complexity index is 608. The molecule has 0 aliphatic carbocycles. The van der Waals surface area contributed by atoms with E-state index in [0.29, 0.717) is 12.6 Å². The number of rotatable bonds is 8. The van der Waals surface area contributed by atoms with Gasteiger partial charge in [0.05, 0.1) is 6.61 Å². The van der Waals surface area contributed by atoms with E-state index in [4.69, 9.17) is 4.74 Å². The predicted octanol–water partition coefficient (Wildman–Crippen LogP) is 2.20. The summed E-state index contributed by atoms with van der Waals surface area (Å²) in [6, 6.07) is 4.10. The van der Waals surface area contributed by atoms with E-state index in [2.05, 4.69) is 25.3 Å². The standard InChI is InChI=1S/C18H27F3N4O2/c1-22-18(24-13-6-8-25(9-7-13)10-11-26-2)23-12-14-15(19)4-3-5-16(14)27-17(20)21/h3-5,13,17H,6-12H2,1-2H3,(H2,22,23,24). The van der Waals surface area contributed by atoms with Gasteiger partial charge in [-0.2, -0.15) is 8.78 Å². The van der Waals surface area contributed by atoms with Crippen molar-refractivity contribution in [1.29, 1.82) is 0 Å². The van der Waals surface area contributed by atoms with Crippen LogP contribution in [0.3, 0.4) is 0 Å². The molecule has 0 aromatic heterocycles. The normalized spacial score (nSPS) is 16.6. The fraction of sp³-hybridized carbons (Fsp3) is 0.611. The average molecular weight is 388 g/mol. The van der Waals surface area contributed by atoms with Gasteiger partial charge in [-0.15, -0.1) is 0 Å². The first-order valence-electron chi connectivity index (χ1n) is 8.94. The number of likely N-dealkylation sites (tertiary alicyclic amines) is 1. The molecular weight excluding hydrogens is 361 g/mol. The van der Waals surface area contributed by atoms with Gasteiger partial charge in [-0.05, 0) is 25.0 Å². The number of alkyl halides is 2. The van der Waals surface area contributed by atoms with Crippen molar-refractivity contribution in [2.45, 2.75) is 32.0 Å². The molecule has 0 radical (unpaired) electrons. The summed E-state index contributed by atoms with van der Waals surface area (Å²) in [7, 11) is 3.30. The Morgan fingerprint density at radius 1 is 1.33 bits per heavy atom. The van der Waals surface area contributed by atoms with Crippen LogP contribution < -0.4 is 15.4 Å². The van der Waals surface area contributed by atoms with Crippen LogP contribution in [0.1, 0.15) is 18.4 Å². The smallest absolute Gasteiger partial charge is 0.387 e. The number of ether oxygens (including phenoxy) is 2. The fourth-order valence-corrected chi connectivity index (χ4v) is 3.00. The minimum absolute atomic E-state index is 0.0128. The maximum Gasteiger partial charge on any atom is 0.387 e. The van der Waals surface area contributed by atoms with Gasteiger partial charge in [0.1, 0.15) is 11.6 Å². The van der Waals surface area contributed by atoms with Gasteiger partial charge in [0, 0.05) is 51.9 Å². The highest BCUT2D eigenvalue weighted by molar-refractivity contribution is 5.80. The Labute approximate surface area is 157 Å². The highest BCUT2D eigenvalue weighted by Crippen LogP contribution is 2.23. The lowest BCUT2D eigenvalue weighted by Crippen LogP contribution is -2.49. The van der Waals surface area contributed by atoms with Crippen LogP contribution in [-0.2, 0) is 11.3 Å². The van der Waals surface area contributed by atoms with Crippen LogP contribution in [0.25, 0.3) is 0 Å². The van der Waals surface area contributed by atoms with Crippen molar-refractivity contribution in [3.8, 4) is 5.75 Å². The number of benzene rings is 1. The second kappa shape index (κ2) is 11.0. The predicted molar refractivity (Wildman–Crippen MR) is 97.7 cm³/mol. The van der Waals surface area contributed by atoms with Crippen molar-refractivity contribution >= 4 is 5.96 Å². The first-order chi connectivity index (χ1) is 13.0. The Balaban J connectivity index is 1.86. The van der Waals surface area contributed by atoms with Crippen molar-refractivity contribution < 1.29 is 22.6 Å². The van der Waals surface area contributed by atoms with Gasteiger partial charge in [-0.25, -0.2) is 4.39 Å². The zero-order valence-electron chi connectivity index (χ0n) is 15.7. The number of hydrogen-bond donors (Lipinski definition) is 2. The van der Waals surface area contributed by atoms with Crippen LogP contribution in [0.2, 0.25) is 0 Å². The first kappa shape index (κ1) is 21.3. The zero-order chi connectivity index (χ0) is 19.6. The zero-order valence-corrected chi connectivity index (χ0v) is 15.7. The lowest BCUT2D eigenvalue weighted by molar-refractivity contribution is -0.0506. The monoisotopic (exact) mass is 388 g/mol. The second-order valence-corrected chi connectivity index (χ2v) is 6.27. The summed E-state index contributed by atoms with van der Waals surface area (Å²) in [6.45, 7) is 0.520. The fourth-order valence-electron chi connectivity index (χ4n) is 3.00. The Kier molecular flexibility index (Phi) is 8.66. The van der Waals surface area contributed by atoms with Gasteiger partial charge in [0.25, 0.3) is 0 Å². The van der Waals surface area contributed by atoms with E-state index in [1.54, 1.807) is 14.2 Å². The lowest BCUT2D eigenvalue weighted by atomic mass is 10.1. The third-order valence-corrected chi connectivity index (χ3v) is 4.49. The number of halogens is 3. The van der Waals surface area contributed by atoms with Gasteiger partial charge in [-0.3, -0.25) is 4.99 Å². The minimum Gasteiger partial charge on any atom is -0.434 e. The molecule has 0 atom stereocenters. The van der Waals surface area contributed by atoms with E-state index in [1.807, 2.05) is 0 Å². The van der Waals surface area contributed by atoms with Crippen LogP contribution in [0.5, 0.6) is 5.75 Å². The van der Waals surface area contributed by atoms with Crippen LogP contribution in [0, 0.1) is 5.82 Å². The molecule has 2 rings (SSSR count). The largest absolute Gasteiger partial charge is 0.434 e. The topological polar surface area (TPSA) is 58.1 Å². The molecule has 6 nitrogen and oxygen atoms in total. The third-order valence-electron chi connectivity index (χ3n) is 4.49. The van der Waals surface area contributed by atoms with Gasteiger partial charge in [0.15, 0.2) is 5.96 Å². The van der Waals surface area contributed by atoms with Crippen LogP contribution in [-0.4, -0.2) is 63.9 Å². The maximum absolute atomic E-state index is 14.0. The van der Waals surface area contributed by atoms with Crippen molar-refractivity contribution in [3.63, 3.8) is 0 Å². The molecule has 0 amide bonds. The Morgan fingerprint density at radius 2 is 2.07 bits per heavy atom. The van der Waals surface area contributed by atoms with Crippen LogP contribution >= 0.6 is 0 Å². The summed E-state index contributed by atoms with van der Waals surface area (Å²) in [5.74, 6) is -0.293. The molecule has 1 aliphatic heterocycles. The SMILES string of the molecule is CN=C(NCc1c(F)cccc1OC(F)F)NC1CCN(CCOC)CC1. The summed E-state index contributed by atoms with van der Waals surface area (Å²) >= 11 is 0. The highest BCUT2D eigenvalue weighted by atomic mass is 19.3.